The smallest absolute Gasteiger partial charge is 0.412 e. The lowest BCUT2D eigenvalue weighted by molar-refractivity contribution is -0.384. The SMILES string of the molecule is C=CCOC12Oc3ccc(OC(=O)NCC)cc3C3C(CCCCO)C(CCCCO)C=C(C(=NOCc4ccc([N+](=O)[O-])cc4)CC1N(CCOCCO)C(=O)OC)C32. The molecule has 0 radical (unpaired) electrons. The number of unbranched alkanes of at least 4 members (excludes halogenated alkanes) is 2. The van der Waals surface area contributed by atoms with Crippen molar-refractivity contribution in [3.05, 3.63) is 88.0 Å². The van der Waals surface area contributed by atoms with E-state index in [1.54, 1.807) is 37.3 Å². The zero-order chi connectivity index (χ0) is 43.1. The summed E-state index contributed by atoms with van der Waals surface area (Å²) in [5.41, 5.74) is 2.64. The Balaban J connectivity index is 1.74. The fraction of sp³-hybridized carbons (Fsp3) is 0.558. The number of methoxy groups -OCH3 is 1. The van der Waals surface area contributed by atoms with Crippen molar-refractivity contribution in [1.29, 1.82) is 0 Å². The van der Waals surface area contributed by atoms with Gasteiger partial charge in [-0.2, -0.15) is 0 Å². The van der Waals surface area contributed by atoms with E-state index >= 15 is 0 Å². The van der Waals surface area contributed by atoms with E-state index in [2.05, 4.69) is 18.0 Å². The van der Waals surface area contributed by atoms with Gasteiger partial charge in [0.25, 0.3) is 5.69 Å². The highest BCUT2D eigenvalue weighted by molar-refractivity contribution is 6.03. The summed E-state index contributed by atoms with van der Waals surface area (Å²) in [6, 6.07) is 10.3. The summed E-state index contributed by atoms with van der Waals surface area (Å²) in [5, 5.41) is 47.8. The number of allylic oxidation sites excluding steroid dienone is 1. The van der Waals surface area contributed by atoms with E-state index in [1.165, 1.54) is 24.1 Å². The molecule has 4 N–H and O–H groups in total. The van der Waals surface area contributed by atoms with Crippen LogP contribution in [0.25, 0.3) is 0 Å². The number of hydrogen-bond donors (Lipinski definition) is 4. The largest absolute Gasteiger partial charge is 0.459 e. The van der Waals surface area contributed by atoms with Gasteiger partial charge in [0.1, 0.15) is 24.1 Å². The molecule has 0 aromatic heterocycles. The number of benzene rings is 2. The topological polar surface area (TPSA) is 221 Å². The summed E-state index contributed by atoms with van der Waals surface area (Å²) in [7, 11) is 1.28. The zero-order valence-corrected chi connectivity index (χ0v) is 34.4. The predicted octanol–water partition coefficient (Wildman–Crippen LogP) is 5.61. The molecule has 0 saturated heterocycles. The van der Waals surface area contributed by atoms with Crippen molar-refractivity contribution in [2.75, 3.05) is 59.8 Å². The fourth-order valence-corrected chi connectivity index (χ4v) is 8.72. The Bertz CT molecular complexity index is 1820. The first-order chi connectivity index (χ1) is 29.2. The molecule has 2 aliphatic carbocycles. The second-order valence-corrected chi connectivity index (χ2v) is 14.9. The van der Waals surface area contributed by atoms with Gasteiger partial charge < -0.3 is 49.2 Å². The van der Waals surface area contributed by atoms with Gasteiger partial charge in [0, 0.05) is 56.3 Å². The van der Waals surface area contributed by atoms with Crippen molar-refractivity contribution in [1.82, 2.24) is 10.2 Å². The van der Waals surface area contributed by atoms with Crippen molar-refractivity contribution < 1.29 is 58.4 Å². The summed E-state index contributed by atoms with van der Waals surface area (Å²) in [6.45, 7) is 6.11. The molecule has 6 atom stereocenters. The minimum atomic E-state index is -1.58. The third-order valence-corrected chi connectivity index (χ3v) is 11.2. The number of carbonyl (C=O) groups excluding carboxylic acids is 2. The third kappa shape index (κ3) is 10.8. The Morgan fingerprint density at radius 3 is 2.48 bits per heavy atom. The first-order valence-electron chi connectivity index (χ1n) is 20.6. The second kappa shape index (κ2) is 22.5. The number of aliphatic hydroxyl groups is 3. The lowest BCUT2D eigenvalue weighted by Crippen LogP contribution is -2.70. The average Bonchev–Trinajstić information content (AvgIpc) is 3.24. The number of fused-ring (bicyclic) bond motifs is 2. The summed E-state index contributed by atoms with van der Waals surface area (Å²) in [5.74, 6) is -1.98. The number of nitro benzene ring substituents is 1. The molecule has 17 heteroatoms. The molecule has 1 saturated carbocycles. The van der Waals surface area contributed by atoms with Crippen LogP contribution in [0.3, 0.4) is 0 Å². The molecule has 0 bridgehead atoms. The highest BCUT2D eigenvalue weighted by Gasteiger charge is 2.65. The summed E-state index contributed by atoms with van der Waals surface area (Å²) in [4.78, 5) is 44.9. The van der Waals surface area contributed by atoms with E-state index in [4.69, 9.17) is 33.7 Å². The summed E-state index contributed by atoms with van der Waals surface area (Å²) >= 11 is 0. The van der Waals surface area contributed by atoms with Crippen LogP contribution in [0.4, 0.5) is 15.3 Å². The minimum absolute atomic E-state index is 0.00900. The minimum Gasteiger partial charge on any atom is -0.459 e. The standard InChI is InChI=1S/C43H58N4O13/c1-4-22-57-43-38(46(42(52)55-3)18-23-56-24-21-50)27-36(45-58-28-29-12-14-31(15-13-29)47(53)54)34-25-30(10-6-8-19-48)33(11-7-9-20-49)39(40(34)43)35-26-32(16-17-37(35)60-43)59-41(51)44-5-2/h4,12-17,25-26,30,33,38-40,48-50H,1,5-11,18-24,27-28H2,2-3H3,(H,44,51). The predicted molar refractivity (Wildman–Crippen MR) is 220 cm³/mol. The number of ether oxygens (including phenoxy) is 5. The van der Waals surface area contributed by atoms with Gasteiger partial charge in [0.15, 0.2) is 0 Å². The molecule has 0 spiro atoms. The Morgan fingerprint density at radius 2 is 1.82 bits per heavy atom. The first kappa shape index (κ1) is 46.0. The normalized spacial score (nSPS) is 23.3. The van der Waals surface area contributed by atoms with Crippen molar-refractivity contribution in [3.63, 3.8) is 0 Å². The van der Waals surface area contributed by atoms with E-state index < -0.39 is 34.9 Å². The summed E-state index contributed by atoms with van der Waals surface area (Å²) < 4.78 is 30.8. The number of nitro groups is 1. The Hall–Kier alpha value is -5.07. The fourth-order valence-electron chi connectivity index (χ4n) is 8.72. The van der Waals surface area contributed by atoms with Gasteiger partial charge in [-0.3, -0.25) is 15.0 Å². The Kier molecular flexibility index (Phi) is 17.3. The van der Waals surface area contributed by atoms with Crippen LogP contribution in [-0.2, 0) is 25.7 Å². The molecule has 6 unspecified atom stereocenters. The second-order valence-electron chi connectivity index (χ2n) is 14.9. The molecule has 1 heterocycles. The molecule has 5 rings (SSSR count). The number of amides is 2. The van der Waals surface area contributed by atoms with Crippen molar-refractivity contribution >= 4 is 23.6 Å². The van der Waals surface area contributed by atoms with Crippen LogP contribution in [0.15, 0.2) is 71.9 Å². The van der Waals surface area contributed by atoms with Gasteiger partial charge in [-0.05, 0) is 85.9 Å². The maximum atomic E-state index is 13.9. The van der Waals surface area contributed by atoms with E-state index in [1.807, 2.05) is 6.07 Å². The van der Waals surface area contributed by atoms with E-state index in [9.17, 15) is 35.0 Å². The molecule has 328 valence electrons. The van der Waals surface area contributed by atoms with Gasteiger partial charge in [-0.15, -0.1) is 6.58 Å². The van der Waals surface area contributed by atoms with E-state index in [0.29, 0.717) is 55.0 Å². The number of nitrogens with one attached hydrogen (secondary N) is 1. The molecule has 60 heavy (non-hydrogen) atoms. The monoisotopic (exact) mass is 838 g/mol. The van der Waals surface area contributed by atoms with Crippen molar-refractivity contribution in [3.8, 4) is 11.5 Å². The van der Waals surface area contributed by atoms with Crippen LogP contribution in [0.1, 0.15) is 68.9 Å². The number of nitrogens with zero attached hydrogens (tertiary/aromatic N) is 3. The number of oxime groups is 1. The van der Waals surface area contributed by atoms with Crippen LogP contribution < -0.4 is 14.8 Å². The van der Waals surface area contributed by atoms with Gasteiger partial charge in [-0.1, -0.05) is 30.1 Å². The van der Waals surface area contributed by atoms with Gasteiger partial charge in [0.2, 0.25) is 5.79 Å². The van der Waals surface area contributed by atoms with Crippen LogP contribution in [-0.4, -0.2) is 115 Å². The first-order valence-corrected chi connectivity index (χ1v) is 20.6. The lowest BCUT2D eigenvalue weighted by atomic mass is 9.55. The number of rotatable bonds is 23. The molecule has 1 fully saturated rings. The van der Waals surface area contributed by atoms with Gasteiger partial charge in [-0.25, -0.2) is 9.59 Å². The molecule has 3 aliphatic rings. The third-order valence-electron chi connectivity index (χ3n) is 11.2. The molecule has 2 aromatic carbocycles. The van der Waals surface area contributed by atoms with Crippen molar-refractivity contribution in [2.24, 2.45) is 22.9 Å². The average molecular weight is 839 g/mol. The van der Waals surface area contributed by atoms with Crippen LogP contribution in [0.2, 0.25) is 0 Å². The van der Waals surface area contributed by atoms with Crippen LogP contribution >= 0.6 is 0 Å². The quantitative estimate of drug-likeness (QED) is 0.0463. The maximum absolute atomic E-state index is 13.9. The molecular formula is C43H58N4O13. The van der Waals surface area contributed by atoms with E-state index in [0.717, 1.165) is 24.0 Å². The molecule has 2 amide bonds. The Labute approximate surface area is 350 Å². The molecule has 1 aliphatic heterocycles. The van der Waals surface area contributed by atoms with Crippen LogP contribution in [0.5, 0.6) is 11.5 Å². The zero-order valence-electron chi connectivity index (χ0n) is 34.4. The number of hydrogen-bond acceptors (Lipinski definition) is 14. The number of carbonyl (C=O) groups is 2. The number of aliphatic hydroxyl groups excluding tert-OH is 3. The molecule has 17 nitrogen and oxygen atoms in total. The van der Waals surface area contributed by atoms with Crippen molar-refractivity contribution in [2.45, 2.75) is 76.2 Å². The molecule has 2 aromatic rings. The van der Waals surface area contributed by atoms with Crippen LogP contribution in [0, 0.1) is 27.9 Å². The molecular weight excluding hydrogens is 780 g/mol. The highest BCUT2D eigenvalue weighted by Crippen LogP contribution is 2.62. The Morgan fingerprint density at radius 1 is 1.07 bits per heavy atom. The van der Waals surface area contributed by atoms with Gasteiger partial charge in [0.05, 0.1) is 50.1 Å². The highest BCUT2D eigenvalue weighted by atomic mass is 16.7. The maximum Gasteiger partial charge on any atom is 0.412 e. The van der Waals surface area contributed by atoms with Gasteiger partial charge >= 0.3 is 12.2 Å². The summed E-state index contributed by atoms with van der Waals surface area (Å²) in [6.07, 6.45) is 6.60. The lowest BCUT2D eigenvalue weighted by Gasteiger charge is -2.59. The number of non-ortho nitro benzene ring substituents is 1. The van der Waals surface area contributed by atoms with E-state index in [-0.39, 0.29) is 82.7 Å².